The molecule has 1 fully saturated rings. The molecule has 0 bridgehead atoms. The molecular weight excluding hydrogens is 228 g/mol. The first-order valence-electron chi connectivity index (χ1n) is 6.59. The van der Waals surface area contributed by atoms with Crippen molar-refractivity contribution in [1.29, 1.82) is 0 Å². The first-order chi connectivity index (χ1) is 8.78. The van der Waals surface area contributed by atoms with Crippen molar-refractivity contribution in [1.82, 2.24) is 15.3 Å². The van der Waals surface area contributed by atoms with Crippen LogP contribution >= 0.6 is 0 Å². The lowest BCUT2D eigenvalue weighted by molar-refractivity contribution is 0.210. The summed E-state index contributed by atoms with van der Waals surface area (Å²) in [5, 5.41) is 6.76. The Labute approximate surface area is 108 Å². The van der Waals surface area contributed by atoms with Crippen LogP contribution in [-0.2, 0) is 0 Å². The van der Waals surface area contributed by atoms with Crippen molar-refractivity contribution in [3.05, 3.63) is 12.4 Å². The highest BCUT2D eigenvalue weighted by atomic mass is 16.5. The van der Waals surface area contributed by atoms with E-state index in [0.717, 1.165) is 19.6 Å². The molecule has 0 saturated carbocycles. The lowest BCUT2D eigenvalue weighted by atomic mass is 9.76. The van der Waals surface area contributed by atoms with Crippen LogP contribution in [0.1, 0.15) is 26.2 Å². The van der Waals surface area contributed by atoms with Crippen LogP contribution in [0.25, 0.3) is 0 Å². The maximum atomic E-state index is 5.04. The third-order valence-electron chi connectivity index (χ3n) is 3.90. The minimum absolute atomic E-state index is 0.383. The Bertz CT molecular complexity index is 360. The Kier molecular flexibility index (Phi) is 4.36. The SMILES string of the molecule is CCC1(CNc2ncc(OC)cn2)CCNCC1. The number of nitrogens with zero attached hydrogens (tertiary/aromatic N) is 2. The van der Waals surface area contributed by atoms with E-state index in [4.69, 9.17) is 4.74 Å². The van der Waals surface area contributed by atoms with Gasteiger partial charge in [0, 0.05) is 6.54 Å². The van der Waals surface area contributed by atoms with Crippen molar-refractivity contribution >= 4 is 5.95 Å². The van der Waals surface area contributed by atoms with Gasteiger partial charge in [0.1, 0.15) is 0 Å². The largest absolute Gasteiger partial charge is 0.494 e. The Hall–Kier alpha value is -1.36. The normalized spacial score (nSPS) is 18.3. The van der Waals surface area contributed by atoms with Gasteiger partial charge < -0.3 is 15.4 Å². The lowest BCUT2D eigenvalue weighted by Gasteiger charge is -2.37. The van der Waals surface area contributed by atoms with E-state index in [2.05, 4.69) is 27.5 Å². The van der Waals surface area contributed by atoms with Gasteiger partial charge in [-0.2, -0.15) is 0 Å². The number of ether oxygens (including phenoxy) is 1. The minimum Gasteiger partial charge on any atom is -0.494 e. The fourth-order valence-electron chi connectivity index (χ4n) is 2.39. The van der Waals surface area contributed by atoms with Gasteiger partial charge in [-0.05, 0) is 37.8 Å². The number of nitrogens with one attached hydrogen (secondary N) is 2. The molecule has 5 heteroatoms. The zero-order valence-corrected chi connectivity index (χ0v) is 11.2. The second-order valence-corrected chi connectivity index (χ2v) is 4.90. The summed E-state index contributed by atoms with van der Waals surface area (Å²) < 4.78 is 5.04. The maximum Gasteiger partial charge on any atom is 0.222 e. The van der Waals surface area contributed by atoms with Crippen molar-refractivity contribution in [3.63, 3.8) is 0 Å². The molecule has 100 valence electrons. The molecule has 5 nitrogen and oxygen atoms in total. The molecule has 1 aliphatic heterocycles. The molecule has 0 spiro atoms. The second kappa shape index (κ2) is 6.00. The van der Waals surface area contributed by atoms with Gasteiger partial charge in [0.2, 0.25) is 5.95 Å². The number of methoxy groups -OCH3 is 1. The van der Waals surface area contributed by atoms with Crippen LogP contribution in [0, 0.1) is 5.41 Å². The first-order valence-corrected chi connectivity index (χ1v) is 6.59. The fourth-order valence-corrected chi connectivity index (χ4v) is 2.39. The summed E-state index contributed by atoms with van der Waals surface area (Å²) in [6.45, 7) is 5.43. The van der Waals surface area contributed by atoms with Crippen LogP contribution < -0.4 is 15.4 Å². The highest BCUT2D eigenvalue weighted by Gasteiger charge is 2.29. The second-order valence-electron chi connectivity index (χ2n) is 4.90. The molecule has 1 saturated heterocycles. The van der Waals surface area contributed by atoms with E-state index in [9.17, 15) is 0 Å². The summed E-state index contributed by atoms with van der Waals surface area (Å²) in [6, 6.07) is 0. The van der Waals surface area contributed by atoms with Gasteiger partial charge in [-0.1, -0.05) is 6.92 Å². The molecule has 18 heavy (non-hydrogen) atoms. The molecule has 1 aromatic rings. The van der Waals surface area contributed by atoms with E-state index in [-0.39, 0.29) is 0 Å². The van der Waals surface area contributed by atoms with E-state index in [1.807, 2.05) is 0 Å². The predicted molar refractivity (Wildman–Crippen MR) is 71.9 cm³/mol. The van der Waals surface area contributed by atoms with E-state index < -0.39 is 0 Å². The third kappa shape index (κ3) is 3.10. The zero-order valence-electron chi connectivity index (χ0n) is 11.2. The predicted octanol–water partition coefficient (Wildman–Crippen LogP) is 1.68. The van der Waals surface area contributed by atoms with Gasteiger partial charge in [0.15, 0.2) is 5.75 Å². The minimum atomic E-state index is 0.383. The van der Waals surface area contributed by atoms with Crippen LogP contribution in [0.5, 0.6) is 5.75 Å². The number of hydrogen-bond acceptors (Lipinski definition) is 5. The molecule has 2 rings (SSSR count). The highest BCUT2D eigenvalue weighted by molar-refractivity contribution is 5.27. The van der Waals surface area contributed by atoms with E-state index in [1.54, 1.807) is 19.5 Å². The standard InChI is InChI=1S/C13H22N4O/c1-3-13(4-6-14-7-5-13)10-17-12-15-8-11(18-2)9-16-12/h8-9,14H,3-7,10H2,1-2H3,(H,15,16,17). The Balaban J connectivity index is 1.92. The quantitative estimate of drug-likeness (QED) is 0.832. The van der Waals surface area contributed by atoms with Gasteiger partial charge >= 0.3 is 0 Å². The van der Waals surface area contributed by atoms with Crippen LogP contribution in [0.15, 0.2) is 12.4 Å². The van der Waals surface area contributed by atoms with Crippen LogP contribution in [-0.4, -0.2) is 36.7 Å². The lowest BCUT2D eigenvalue weighted by Crippen LogP contribution is -2.40. The molecule has 0 amide bonds. The summed E-state index contributed by atoms with van der Waals surface area (Å²) in [5.74, 6) is 1.37. The van der Waals surface area contributed by atoms with Crippen molar-refractivity contribution < 1.29 is 4.74 Å². The molecular formula is C13H22N4O. The van der Waals surface area contributed by atoms with Crippen molar-refractivity contribution in [2.75, 3.05) is 32.1 Å². The first kappa shape index (κ1) is 13.1. The molecule has 2 heterocycles. The molecule has 0 unspecified atom stereocenters. The van der Waals surface area contributed by atoms with E-state index >= 15 is 0 Å². The highest BCUT2D eigenvalue weighted by Crippen LogP contribution is 2.32. The van der Waals surface area contributed by atoms with Gasteiger partial charge in [-0.3, -0.25) is 0 Å². The molecule has 0 aromatic carbocycles. The number of rotatable bonds is 5. The van der Waals surface area contributed by atoms with Gasteiger partial charge in [0.05, 0.1) is 19.5 Å². The van der Waals surface area contributed by atoms with E-state index in [1.165, 1.54) is 19.3 Å². The summed E-state index contributed by atoms with van der Waals surface area (Å²) in [7, 11) is 1.62. The number of hydrogen-bond donors (Lipinski definition) is 2. The topological polar surface area (TPSA) is 59.1 Å². The third-order valence-corrected chi connectivity index (χ3v) is 3.90. The average Bonchev–Trinajstić information content (AvgIpc) is 2.47. The number of anilines is 1. The van der Waals surface area contributed by atoms with Gasteiger partial charge in [-0.15, -0.1) is 0 Å². The van der Waals surface area contributed by atoms with Crippen molar-refractivity contribution in [2.24, 2.45) is 5.41 Å². The maximum absolute atomic E-state index is 5.04. The molecule has 2 N–H and O–H groups in total. The summed E-state index contributed by atoms with van der Waals surface area (Å²) in [5.41, 5.74) is 0.383. The zero-order chi connectivity index (χ0) is 12.8. The van der Waals surface area contributed by atoms with Gasteiger partial charge in [0.25, 0.3) is 0 Å². The Morgan fingerprint density at radius 2 is 2.00 bits per heavy atom. The van der Waals surface area contributed by atoms with E-state index in [0.29, 0.717) is 17.1 Å². The summed E-state index contributed by atoms with van der Waals surface area (Å²) in [4.78, 5) is 8.47. The summed E-state index contributed by atoms with van der Waals surface area (Å²) in [6.07, 6.45) is 7.00. The Morgan fingerprint density at radius 1 is 1.33 bits per heavy atom. The molecule has 0 atom stereocenters. The average molecular weight is 250 g/mol. The number of aromatic nitrogens is 2. The van der Waals surface area contributed by atoms with Crippen molar-refractivity contribution in [3.8, 4) is 5.75 Å². The monoisotopic (exact) mass is 250 g/mol. The van der Waals surface area contributed by atoms with Crippen LogP contribution in [0.2, 0.25) is 0 Å². The van der Waals surface area contributed by atoms with Crippen LogP contribution in [0.4, 0.5) is 5.95 Å². The van der Waals surface area contributed by atoms with Gasteiger partial charge in [-0.25, -0.2) is 9.97 Å². The summed E-state index contributed by atoms with van der Waals surface area (Å²) >= 11 is 0. The smallest absolute Gasteiger partial charge is 0.222 e. The number of piperidine rings is 1. The molecule has 1 aliphatic rings. The Morgan fingerprint density at radius 3 is 2.56 bits per heavy atom. The molecule has 0 radical (unpaired) electrons. The van der Waals surface area contributed by atoms with Crippen LogP contribution in [0.3, 0.4) is 0 Å². The van der Waals surface area contributed by atoms with Crippen molar-refractivity contribution in [2.45, 2.75) is 26.2 Å². The molecule has 0 aliphatic carbocycles. The molecule has 1 aromatic heterocycles. The fraction of sp³-hybridized carbons (Fsp3) is 0.692.